The van der Waals surface area contributed by atoms with E-state index in [-0.39, 0.29) is 0 Å². The smallest absolute Gasteiger partial charge is 0.0978 e. The molecule has 0 spiro atoms. The molecule has 0 aliphatic carbocycles. The van der Waals surface area contributed by atoms with Crippen molar-refractivity contribution >= 4 is 0 Å². The molecule has 0 heterocycles. The van der Waals surface area contributed by atoms with Gasteiger partial charge in [0.05, 0.1) is 12.4 Å². The average molecular weight is 535 g/mol. The minimum atomic E-state index is 0.450. The van der Waals surface area contributed by atoms with Crippen LogP contribution in [0.5, 0.6) is 0 Å². The molecule has 0 fully saturated rings. The maximum Gasteiger partial charge on any atom is 0.0978 e. The van der Waals surface area contributed by atoms with Gasteiger partial charge in [0, 0.05) is 0 Å². The largest absolute Gasteiger partial charge is 0.498 e. The lowest BCUT2D eigenvalue weighted by Gasteiger charge is -2.16. The van der Waals surface area contributed by atoms with Gasteiger partial charge in [-0.15, -0.1) is 0 Å². The second kappa shape index (κ2) is 34.6. The van der Waals surface area contributed by atoms with Gasteiger partial charge in [-0.2, -0.15) is 0 Å². The molecular weight excluding hydrogens is 460 g/mol. The maximum atomic E-state index is 6.04. The Morgan fingerprint density at radius 2 is 0.605 bits per heavy atom. The molecule has 0 radical (unpaired) electrons. The molecule has 0 bridgehead atoms. The van der Waals surface area contributed by atoms with Crippen molar-refractivity contribution in [2.24, 2.45) is 0 Å². The summed E-state index contributed by atoms with van der Waals surface area (Å²) in [5.74, 6) is 0. The summed E-state index contributed by atoms with van der Waals surface area (Å²) in [6, 6.07) is 0. The lowest BCUT2D eigenvalue weighted by molar-refractivity contribution is 0.120. The van der Waals surface area contributed by atoms with E-state index in [1.165, 1.54) is 199 Å². The van der Waals surface area contributed by atoms with Gasteiger partial charge in [-0.05, 0) is 32.6 Å². The summed E-state index contributed by atoms with van der Waals surface area (Å²) in [4.78, 5) is 0. The lowest BCUT2D eigenvalue weighted by atomic mass is 10.0. The molecule has 0 saturated heterocycles. The van der Waals surface area contributed by atoms with E-state index in [9.17, 15) is 0 Å². The zero-order valence-corrected chi connectivity index (χ0v) is 27.1. The highest BCUT2D eigenvalue weighted by Crippen LogP contribution is 2.19. The zero-order valence-electron chi connectivity index (χ0n) is 27.1. The third-order valence-electron chi connectivity index (χ3n) is 8.42. The summed E-state index contributed by atoms with van der Waals surface area (Å²) in [7, 11) is 0. The normalized spacial score (nSPS) is 12.5. The standard InChI is InChI=1S/C37H74O/c1-4-7-9-11-13-15-17-19-21-23-25-27-29-31-33-35-37(38-36-6-3)34-32-30-28-26-24-22-20-18-16-14-12-10-8-5-2/h6,36-37H,4-5,7-35H2,1-3H3. The van der Waals surface area contributed by atoms with Crippen LogP contribution >= 0.6 is 0 Å². The Morgan fingerprint density at radius 1 is 0.368 bits per heavy atom. The Labute approximate surface area is 242 Å². The van der Waals surface area contributed by atoms with Gasteiger partial charge in [0.1, 0.15) is 0 Å². The molecule has 0 saturated carbocycles. The molecule has 0 N–H and O–H groups in total. The first-order chi connectivity index (χ1) is 18.8. The zero-order chi connectivity index (χ0) is 27.6. The molecule has 0 aromatic heterocycles. The van der Waals surface area contributed by atoms with Gasteiger partial charge in [-0.25, -0.2) is 0 Å². The van der Waals surface area contributed by atoms with E-state index in [0.717, 1.165) is 0 Å². The second-order valence-corrected chi connectivity index (χ2v) is 12.4. The third-order valence-corrected chi connectivity index (χ3v) is 8.42. The van der Waals surface area contributed by atoms with Gasteiger partial charge < -0.3 is 4.74 Å². The minimum absolute atomic E-state index is 0.450. The molecule has 0 aromatic rings. The highest BCUT2D eigenvalue weighted by atomic mass is 16.5. The summed E-state index contributed by atoms with van der Waals surface area (Å²) in [5.41, 5.74) is 0. The quantitative estimate of drug-likeness (QED) is 0.0600. The molecule has 1 unspecified atom stereocenters. The average Bonchev–Trinajstić information content (AvgIpc) is 2.93. The van der Waals surface area contributed by atoms with Gasteiger partial charge >= 0.3 is 0 Å². The van der Waals surface area contributed by atoms with Gasteiger partial charge in [0.2, 0.25) is 0 Å². The number of ether oxygens (including phenoxy) is 1. The summed E-state index contributed by atoms with van der Waals surface area (Å²) in [6.45, 7) is 6.67. The van der Waals surface area contributed by atoms with Crippen molar-refractivity contribution < 1.29 is 4.74 Å². The van der Waals surface area contributed by atoms with E-state index in [1.807, 2.05) is 12.3 Å². The SMILES string of the molecule is CC=COC(CCCCCCCCCCCCCCCC)CCCCCCCCCCCCCCCCC. The van der Waals surface area contributed by atoms with Gasteiger partial charge in [-0.3, -0.25) is 0 Å². The molecule has 228 valence electrons. The molecule has 38 heavy (non-hydrogen) atoms. The van der Waals surface area contributed by atoms with Gasteiger partial charge in [0.25, 0.3) is 0 Å². The molecule has 0 aliphatic rings. The minimum Gasteiger partial charge on any atom is -0.498 e. The van der Waals surface area contributed by atoms with E-state index >= 15 is 0 Å². The number of rotatable bonds is 33. The first-order valence-electron chi connectivity index (χ1n) is 18.1. The molecule has 1 nitrogen and oxygen atoms in total. The number of hydrogen-bond donors (Lipinski definition) is 0. The molecule has 1 heteroatoms. The Bertz CT molecular complexity index is 428. The van der Waals surface area contributed by atoms with Crippen molar-refractivity contribution in [1.82, 2.24) is 0 Å². The van der Waals surface area contributed by atoms with E-state index < -0.39 is 0 Å². The number of unbranched alkanes of at least 4 members (excludes halogenated alkanes) is 27. The summed E-state index contributed by atoms with van der Waals surface area (Å²) >= 11 is 0. The van der Waals surface area contributed by atoms with Crippen molar-refractivity contribution in [3.05, 3.63) is 12.3 Å². The first-order valence-corrected chi connectivity index (χ1v) is 18.1. The van der Waals surface area contributed by atoms with Crippen LogP contribution in [0.2, 0.25) is 0 Å². The molecule has 0 aromatic carbocycles. The van der Waals surface area contributed by atoms with E-state index in [4.69, 9.17) is 4.74 Å². The van der Waals surface area contributed by atoms with E-state index in [0.29, 0.717) is 6.10 Å². The van der Waals surface area contributed by atoms with Gasteiger partial charge in [-0.1, -0.05) is 193 Å². The Balaban J connectivity index is 3.47. The molecule has 0 rings (SSSR count). The van der Waals surface area contributed by atoms with Crippen LogP contribution in [-0.4, -0.2) is 6.10 Å². The second-order valence-electron chi connectivity index (χ2n) is 12.4. The summed E-state index contributed by atoms with van der Waals surface area (Å²) in [5, 5.41) is 0. The third kappa shape index (κ3) is 31.8. The Hall–Kier alpha value is -0.460. The van der Waals surface area contributed by atoms with Crippen molar-refractivity contribution in [1.29, 1.82) is 0 Å². The van der Waals surface area contributed by atoms with Crippen molar-refractivity contribution in [3.63, 3.8) is 0 Å². The monoisotopic (exact) mass is 535 g/mol. The fourth-order valence-corrected chi connectivity index (χ4v) is 5.78. The summed E-state index contributed by atoms with van der Waals surface area (Å²) in [6.07, 6.45) is 48.6. The van der Waals surface area contributed by atoms with Crippen molar-refractivity contribution in [2.45, 2.75) is 226 Å². The van der Waals surface area contributed by atoms with Crippen LogP contribution in [0, 0.1) is 0 Å². The maximum absolute atomic E-state index is 6.04. The number of allylic oxidation sites excluding steroid dienone is 1. The van der Waals surface area contributed by atoms with Crippen LogP contribution in [0.15, 0.2) is 12.3 Å². The van der Waals surface area contributed by atoms with Crippen LogP contribution in [0.25, 0.3) is 0 Å². The molecule has 1 atom stereocenters. The van der Waals surface area contributed by atoms with Crippen LogP contribution in [0.4, 0.5) is 0 Å². The summed E-state index contributed by atoms with van der Waals surface area (Å²) < 4.78 is 6.04. The van der Waals surface area contributed by atoms with Gasteiger partial charge in [0.15, 0.2) is 0 Å². The van der Waals surface area contributed by atoms with Crippen LogP contribution < -0.4 is 0 Å². The Kier molecular flexibility index (Phi) is 34.1. The fraction of sp³-hybridized carbons (Fsp3) is 0.946. The molecule has 0 aliphatic heterocycles. The van der Waals surface area contributed by atoms with Crippen LogP contribution in [0.1, 0.15) is 220 Å². The number of hydrogen-bond acceptors (Lipinski definition) is 1. The lowest BCUT2D eigenvalue weighted by Crippen LogP contribution is -2.09. The van der Waals surface area contributed by atoms with E-state index in [1.54, 1.807) is 0 Å². The van der Waals surface area contributed by atoms with Crippen LogP contribution in [-0.2, 0) is 4.74 Å². The fourth-order valence-electron chi connectivity index (χ4n) is 5.78. The highest BCUT2D eigenvalue weighted by Gasteiger charge is 2.08. The van der Waals surface area contributed by atoms with Crippen molar-refractivity contribution in [3.8, 4) is 0 Å². The van der Waals surface area contributed by atoms with E-state index in [2.05, 4.69) is 20.8 Å². The topological polar surface area (TPSA) is 9.23 Å². The predicted molar refractivity (Wildman–Crippen MR) is 174 cm³/mol. The van der Waals surface area contributed by atoms with Crippen LogP contribution in [0.3, 0.4) is 0 Å². The molecular formula is C37H74O. The molecule has 0 amide bonds. The predicted octanol–water partition coefficient (Wildman–Crippen LogP) is 14.0. The first kappa shape index (κ1) is 37.5. The highest BCUT2D eigenvalue weighted by molar-refractivity contribution is 4.70. The Morgan fingerprint density at radius 3 is 0.842 bits per heavy atom. The van der Waals surface area contributed by atoms with Crippen molar-refractivity contribution in [2.75, 3.05) is 0 Å².